The molecule has 1 heterocycles. The minimum atomic E-state index is -0.457. The Bertz CT molecular complexity index is 782. The standard InChI is InChI=1S/C16H12O5/c1-8-3-4-11-12(5-8)15(19)16-13(14(11)18)6-10(21-16)7-20-9(2)17/h3-6H,7H2,1-2H3. The Morgan fingerprint density at radius 2 is 1.86 bits per heavy atom. The van der Waals surface area contributed by atoms with Crippen molar-refractivity contribution in [2.75, 3.05) is 0 Å². The predicted molar refractivity (Wildman–Crippen MR) is 72.2 cm³/mol. The quantitative estimate of drug-likeness (QED) is 0.676. The number of carbonyl (C=O) groups excluding carboxylic acids is 3. The van der Waals surface area contributed by atoms with Gasteiger partial charge in [0.2, 0.25) is 5.78 Å². The predicted octanol–water partition coefficient (Wildman–Crippen LogP) is 2.43. The van der Waals surface area contributed by atoms with E-state index in [-0.39, 0.29) is 35.3 Å². The van der Waals surface area contributed by atoms with Gasteiger partial charge in [0.1, 0.15) is 12.4 Å². The first-order valence-corrected chi connectivity index (χ1v) is 6.43. The van der Waals surface area contributed by atoms with Crippen LogP contribution in [-0.4, -0.2) is 17.5 Å². The van der Waals surface area contributed by atoms with Gasteiger partial charge < -0.3 is 9.15 Å². The molecule has 1 aliphatic rings. The Labute approximate surface area is 120 Å². The first-order chi connectivity index (χ1) is 9.97. The van der Waals surface area contributed by atoms with Crippen LogP contribution in [0.4, 0.5) is 0 Å². The van der Waals surface area contributed by atoms with Crippen LogP contribution in [0.1, 0.15) is 50.3 Å². The van der Waals surface area contributed by atoms with Crippen molar-refractivity contribution in [1.29, 1.82) is 0 Å². The third-order valence-electron chi connectivity index (χ3n) is 3.32. The first kappa shape index (κ1) is 13.3. The molecule has 5 nitrogen and oxygen atoms in total. The Balaban J connectivity index is 2.04. The monoisotopic (exact) mass is 284 g/mol. The molecule has 3 rings (SSSR count). The number of rotatable bonds is 2. The van der Waals surface area contributed by atoms with Gasteiger partial charge in [0.15, 0.2) is 11.5 Å². The van der Waals surface area contributed by atoms with E-state index >= 15 is 0 Å². The van der Waals surface area contributed by atoms with Crippen LogP contribution in [0.2, 0.25) is 0 Å². The molecule has 0 fully saturated rings. The number of ketones is 2. The summed E-state index contributed by atoms with van der Waals surface area (Å²) in [6.45, 7) is 3.03. The fourth-order valence-electron chi connectivity index (χ4n) is 2.33. The molecule has 0 atom stereocenters. The van der Waals surface area contributed by atoms with Crippen LogP contribution in [0, 0.1) is 6.92 Å². The molecule has 0 saturated heterocycles. The summed E-state index contributed by atoms with van der Waals surface area (Å²) in [5.41, 5.74) is 1.84. The van der Waals surface area contributed by atoms with E-state index < -0.39 is 5.97 Å². The number of hydrogen-bond donors (Lipinski definition) is 0. The van der Waals surface area contributed by atoms with Crippen LogP contribution in [0.25, 0.3) is 0 Å². The zero-order chi connectivity index (χ0) is 15.1. The summed E-state index contributed by atoms with van der Waals surface area (Å²) in [6.07, 6.45) is 0. The zero-order valence-electron chi connectivity index (χ0n) is 11.6. The molecule has 0 saturated carbocycles. The zero-order valence-corrected chi connectivity index (χ0v) is 11.6. The maximum atomic E-state index is 12.4. The van der Waals surface area contributed by atoms with Crippen molar-refractivity contribution in [1.82, 2.24) is 0 Å². The van der Waals surface area contributed by atoms with E-state index in [1.807, 2.05) is 6.92 Å². The van der Waals surface area contributed by atoms with Crippen LogP contribution in [0.15, 0.2) is 28.7 Å². The van der Waals surface area contributed by atoms with E-state index in [0.717, 1.165) is 5.56 Å². The highest BCUT2D eigenvalue weighted by Crippen LogP contribution is 2.30. The van der Waals surface area contributed by atoms with E-state index in [1.54, 1.807) is 18.2 Å². The average molecular weight is 284 g/mol. The lowest BCUT2D eigenvalue weighted by Crippen LogP contribution is -2.19. The van der Waals surface area contributed by atoms with Gasteiger partial charge in [-0.25, -0.2) is 0 Å². The maximum absolute atomic E-state index is 12.4. The molecular formula is C16H12O5. The molecule has 0 amide bonds. The molecule has 5 heteroatoms. The van der Waals surface area contributed by atoms with Crippen molar-refractivity contribution in [3.63, 3.8) is 0 Å². The molecule has 1 aromatic carbocycles. The maximum Gasteiger partial charge on any atom is 0.303 e. The van der Waals surface area contributed by atoms with Crippen molar-refractivity contribution in [2.45, 2.75) is 20.5 Å². The van der Waals surface area contributed by atoms with Crippen LogP contribution in [-0.2, 0) is 16.1 Å². The highest BCUT2D eigenvalue weighted by Gasteiger charge is 2.33. The first-order valence-electron chi connectivity index (χ1n) is 6.43. The number of aryl methyl sites for hydroxylation is 1. The average Bonchev–Trinajstić information content (AvgIpc) is 2.87. The van der Waals surface area contributed by atoms with Crippen molar-refractivity contribution in [2.24, 2.45) is 0 Å². The number of hydrogen-bond acceptors (Lipinski definition) is 5. The Kier molecular flexibility index (Phi) is 2.97. The van der Waals surface area contributed by atoms with Gasteiger partial charge in [-0.2, -0.15) is 0 Å². The van der Waals surface area contributed by atoms with Crippen molar-refractivity contribution in [3.05, 3.63) is 58.0 Å². The number of ether oxygens (including phenoxy) is 1. The fraction of sp³-hybridized carbons (Fsp3) is 0.188. The molecular weight excluding hydrogens is 272 g/mol. The molecule has 0 N–H and O–H groups in total. The van der Waals surface area contributed by atoms with E-state index in [2.05, 4.69) is 0 Å². The molecule has 0 unspecified atom stereocenters. The van der Waals surface area contributed by atoms with E-state index in [4.69, 9.17) is 9.15 Å². The number of esters is 1. The van der Waals surface area contributed by atoms with Gasteiger partial charge in [-0.15, -0.1) is 0 Å². The van der Waals surface area contributed by atoms with Gasteiger partial charge in [-0.1, -0.05) is 17.7 Å². The second kappa shape index (κ2) is 4.70. The second-order valence-corrected chi connectivity index (χ2v) is 4.94. The summed E-state index contributed by atoms with van der Waals surface area (Å²) in [5.74, 6) is -0.739. The highest BCUT2D eigenvalue weighted by atomic mass is 16.5. The van der Waals surface area contributed by atoms with E-state index in [1.165, 1.54) is 13.0 Å². The number of benzene rings is 1. The molecule has 106 valence electrons. The minimum Gasteiger partial charge on any atom is -0.458 e. The molecule has 0 spiro atoms. The molecule has 2 aromatic rings. The van der Waals surface area contributed by atoms with Gasteiger partial charge in [0.25, 0.3) is 0 Å². The summed E-state index contributed by atoms with van der Waals surface area (Å²) in [5, 5.41) is 0. The van der Waals surface area contributed by atoms with Crippen molar-refractivity contribution >= 4 is 17.5 Å². The lowest BCUT2D eigenvalue weighted by atomic mass is 9.87. The molecule has 21 heavy (non-hydrogen) atoms. The summed E-state index contributed by atoms with van der Waals surface area (Å²) < 4.78 is 10.2. The van der Waals surface area contributed by atoms with Gasteiger partial charge in [-0.3, -0.25) is 14.4 Å². The van der Waals surface area contributed by atoms with Crippen molar-refractivity contribution in [3.8, 4) is 0 Å². The molecule has 0 aliphatic heterocycles. The van der Waals surface area contributed by atoms with Crippen molar-refractivity contribution < 1.29 is 23.5 Å². The number of carbonyl (C=O) groups is 3. The lowest BCUT2D eigenvalue weighted by Gasteiger charge is -2.13. The summed E-state index contributed by atoms with van der Waals surface area (Å²) >= 11 is 0. The third-order valence-corrected chi connectivity index (χ3v) is 3.32. The molecule has 1 aromatic heterocycles. The van der Waals surface area contributed by atoms with Gasteiger partial charge >= 0.3 is 5.97 Å². The molecule has 1 aliphatic carbocycles. The van der Waals surface area contributed by atoms with Crippen LogP contribution < -0.4 is 0 Å². The van der Waals surface area contributed by atoms with Gasteiger partial charge in [-0.05, 0) is 19.1 Å². The lowest BCUT2D eigenvalue weighted by molar-refractivity contribution is -0.142. The Morgan fingerprint density at radius 1 is 1.10 bits per heavy atom. The van der Waals surface area contributed by atoms with Crippen LogP contribution >= 0.6 is 0 Å². The van der Waals surface area contributed by atoms with Gasteiger partial charge in [0, 0.05) is 18.1 Å². The van der Waals surface area contributed by atoms with Crippen LogP contribution in [0.5, 0.6) is 0 Å². The molecule has 0 radical (unpaired) electrons. The SMILES string of the molecule is CC(=O)OCc1cc2c(o1)C(=O)c1cc(C)ccc1C2=O. The molecule has 0 bridgehead atoms. The van der Waals surface area contributed by atoms with E-state index in [9.17, 15) is 14.4 Å². The largest absolute Gasteiger partial charge is 0.458 e. The number of fused-ring (bicyclic) bond motifs is 2. The third kappa shape index (κ3) is 2.16. The smallest absolute Gasteiger partial charge is 0.303 e. The highest BCUT2D eigenvalue weighted by molar-refractivity contribution is 6.27. The normalized spacial score (nSPS) is 12.9. The van der Waals surface area contributed by atoms with E-state index in [0.29, 0.717) is 11.1 Å². The second-order valence-electron chi connectivity index (χ2n) is 4.94. The van der Waals surface area contributed by atoms with Crippen LogP contribution in [0.3, 0.4) is 0 Å². The minimum absolute atomic E-state index is 0.0141. The fourth-order valence-corrected chi connectivity index (χ4v) is 2.33. The summed E-state index contributed by atoms with van der Waals surface area (Å²) in [6, 6.07) is 6.56. The summed E-state index contributed by atoms with van der Waals surface area (Å²) in [7, 11) is 0. The van der Waals surface area contributed by atoms with Gasteiger partial charge in [0.05, 0.1) is 5.56 Å². The topological polar surface area (TPSA) is 73.6 Å². The number of furan rings is 1. The Hall–Kier alpha value is -2.69. The summed E-state index contributed by atoms with van der Waals surface area (Å²) in [4.78, 5) is 35.6. The Morgan fingerprint density at radius 3 is 2.57 bits per heavy atom.